The Morgan fingerprint density at radius 3 is 2.10 bits per heavy atom. The lowest BCUT2D eigenvalue weighted by Gasteiger charge is -2.37. The van der Waals surface area contributed by atoms with Crippen molar-refractivity contribution in [2.45, 2.75) is 64.5 Å². The molecule has 1 aromatic rings. The quantitative estimate of drug-likeness (QED) is 0.476. The highest BCUT2D eigenvalue weighted by atomic mass is 28.4. The number of methoxy groups -OCH3 is 2. The molecule has 0 bridgehead atoms. The molecule has 0 fully saturated rings. The van der Waals surface area contributed by atoms with Gasteiger partial charge in [0.05, 0.1) is 20.3 Å². The summed E-state index contributed by atoms with van der Waals surface area (Å²) in [6.07, 6.45) is -5.03. The Kier molecular flexibility index (Phi) is 7.98. The minimum Gasteiger partial charge on any atom is -0.541 e. The molecule has 30 heavy (non-hydrogen) atoms. The summed E-state index contributed by atoms with van der Waals surface area (Å²) in [6.45, 7) is 12.0. The predicted molar refractivity (Wildman–Crippen MR) is 110 cm³/mol. The average molecular weight is 450 g/mol. The maximum Gasteiger partial charge on any atom is 0.471 e. The summed E-state index contributed by atoms with van der Waals surface area (Å²) in [4.78, 5) is 22.6. The van der Waals surface area contributed by atoms with E-state index in [-0.39, 0.29) is 17.7 Å². The van der Waals surface area contributed by atoms with E-state index in [9.17, 15) is 22.8 Å². The summed E-state index contributed by atoms with van der Waals surface area (Å²) in [5.41, 5.74) is 1.00. The van der Waals surface area contributed by atoms with E-state index in [2.05, 4.69) is 20.8 Å². The van der Waals surface area contributed by atoms with Crippen molar-refractivity contribution in [2.24, 2.45) is 0 Å². The highest BCUT2D eigenvalue weighted by Gasteiger charge is 2.41. The molecule has 0 saturated carbocycles. The van der Waals surface area contributed by atoms with Crippen molar-refractivity contribution >= 4 is 20.5 Å². The van der Waals surface area contributed by atoms with Gasteiger partial charge >= 0.3 is 12.1 Å². The lowest BCUT2D eigenvalue weighted by atomic mass is 10.0. The Bertz CT molecular complexity index is 788. The van der Waals surface area contributed by atoms with Crippen molar-refractivity contribution in [3.05, 3.63) is 17.2 Å². The number of aldehydes is 1. The Hall–Kier alpha value is -2.23. The van der Waals surface area contributed by atoms with Crippen LogP contribution in [0.1, 0.15) is 31.9 Å². The maximum atomic E-state index is 12.6. The number of carbonyl (C=O) groups is 2. The van der Waals surface area contributed by atoms with Crippen LogP contribution in [0.4, 0.5) is 13.2 Å². The van der Waals surface area contributed by atoms with Crippen molar-refractivity contribution < 1.29 is 36.7 Å². The van der Waals surface area contributed by atoms with E-state index < -0.39 is 26.4 Å². The molecule has 0 heterocycles. The third-order valence-corrected chi connectivity index (χ3v) is 9.60. The molecule has 170 valence electrons. The zero-order valence-electron chi connectivity index (χ0n) is 18.6. The molecular formula is C20H30F3NO5Si. The Labute approximate surface area is 176 Å². The Morgan fingerprint density at radius 1 is 1.17 bits per heavy atom. The van der Waals surface area contributed by atoms with Gasteiger partial charge in [-0.15, -0.1) is 0 Å². The van der Waals surface area contributed by atoms with Gasteiger partial charge in [0.2, 0.25) is 0 Å². The molecule has 1 rings (SSSR count). The zero-order valence-corrected chi connectivity index (χ0v) is 19.6. The molecule has 0 saturated heterocycles. The van der Waals surface area contributed by atoms with Crippen LogP contribution in [0, 0.1) is 6.92 Å². The standard InChI is InChI=1S/C20H30F3NO5Si/c1-12-16(27-5)13(9-14(11-25)24-18(26)20(21,22)23)10-15(17(12)28-6)29-30(7,8)19(2,3)4/h10-11,14H,9H2,1-8H3,(H,24,26)/t14-/m0/s1. The fraction of sp³-hybridized carbons (Fsp3) is 0.600. The topological polar surface area (TPSA) is 73.9 Å². The highest BCUT2D eigenvalue weighted by molar-refractivity contribution is 6.74. The maximum absolute atomic E-state index is 12.6. The summed E-state index contributed by atoms with van der Waals surface area (Å²) in [6, 6.07) is 0.211. The van der Waals surface area contributed by atoms with Crippen LogP contribution in [0.25, 0.3) is 0 Å². The number of benzene rings is 1. The summed E-state index contributed by atoms with van der Waals surface area (Å²) >= 11 is 0. The van der Waals surface area contributed by atoms with Gasteiger partial charge in [0, 0.05) is 17.5 Å². The average Bonchev–Trinajstić information content (AvgIpc) is 2.59. The third-order valence-electron chi connectivity index (χ3n) is 5.26. The van der Waals surface area contributed by atoms with Gasteiger partial charge in [-0.05, 0) is 31.1 Å². The van der Waals surface area contributed by atoms with Gasteiger partial charge in [-0.1, -0.05) is 20.8 Å². The van der Waals surface area contributed by atoms with E-state index in [1.54, 1.807) is 18.3 Å². The van der Waals surface area contributed by atoms with Crippen LogP contribution in [0.15, 0.2) is 6.07 Å². The minimum absolute atomic E-state index is 0.113. The van der Waals surface area contributed by atoms with Crippen molar-refractivity contribution in [2.75, 3.05) is 14.2 Å². The molecule has 0 radical (unpaired) electrons. The fourth-order valence-electron chi connectivity index (χ4n) is 2.63. The van der Waals surface area contributed by atoms with E-state index in [1.165, 1.54) is 14.2 Å². The highest BCUT2D eigenvalue weighted by Crippen LogP contribution is 2.44. The number of carbonyl (C=O) groups excluding carboxylic acids is 2. The molecule has 0 aliphatic carbocycles. The number of halogens is 3. The van der Waals surface area contributed by atoms with Crippen LogP contribution in [0.5, 0.6) is 17.2 Å². The van der Waals surface area contributed by atoms with Gasteiger partial charge in [0.1, 0.15) is 17.8 Å². The van der Waals surface area contributed by atoms with Crippen LogP contribution in [-0.2, 0) is 16.0 Å². The molecule has 1 N–H and O–H groups in total. The van der Waals surface area contributed by atoms with Crippen molar-refractivity contribution in [1.29, 1.82) is 0 Å². The second-order valence-electron chi connectivity index (χ2n) is 8.51. The number of amides is 1. The first kappa shape index (κ1) is 25.8. The number of nitrogens with one attached hydrogen (secondary N) is 1. The fourth-order valence-corrected chi connectivity index (χ4v) is 3.64. The van der Waals surface area contributed by atoms with Crippen molar-refractivity contribution in [1.82, 2.24) is 5.32 Å². The van der Waals surface area contributed by atoms with Crippen LogP contribution in [-0.4, -0.2) is 46.9 Å². The predicted octanol–water partition coefficient (Wildman–Crippen LogP) is 4.18. The largest absolute Gasteiger partial charge is 0.541 e. The first-order valence-corrected chi connectivity index (χ1v) is 12.3. The lowest BCUT2D eigenvalue weighted by Crippen LogP contribution is -2.45. The van der Waals surface area contributed by atoms with Crippen LogP contribution < -0.4 is 19.2 Å². The number of alkyl halides is 3. The molecule has 0 unspecified atom stereocenters. The minimum atomic E-state index is -5.09. The summed E-state index contributed by atoms with van der Waals surface area (Å²) < 4.78 is 55.0. The summed E-state index contributed by atoms with van der Waals surface area (Å²) in [5.74, 6) is -0.962. The molecule has 1 amide bonds. The zero-order chi connectivity index (χ0) is 23.5. The molecule has 1 atom stereocenters. The van der Waals surface area contributed by atoms with Crippen LogP contribution >= 0.6 is 0 Å². The molecule has 0 spiro atoms. The van der Waals surface area contributed by atoms with Gasteiger partial charge in [0.15, 0.2) is 5.75 Å². The molecule has 10 heteroatoms. The molecule has 1 aromatic carbocycles. The molecule has 0 aliphatic rings. The Balaban J connectivity index is 3.42. The molecule has 0 aromatic heterocycles. The van der Waals surface area contributed by atoms with Gasteiger partial charge in [-0.3, -0.25) is 4.79 Å². The molecule has 6 nitrogen and oxygen atoms in total. The first-order chi connectivity index (χ1) is 13.6. The van der Waals surface area contributed by atoms with E-state index in [0.717, 1.165) is 0 Å². The number of rotatable bonds is 8. The third kappa shape index (κ3) is 5.90. The van der Waals surface area contributed by atoms with E-state index in [1.807, 2.05) is 13.1 Å². The van der Waals surface area contributed by atoms with Gasteiger partial charge in [-0.25, -0.2) is 0 Å². The second-order valence-corrected chi connectivity index (χ2v) is 13.2. The summed E-state index contributed by atoms with van der Waals surface area (Å²) in [5, 5.41) is 1.58. The molecule has 0 aliphatic heterocycles. The van der Waals surface area contributed by atoms with Gasteiger partial charge in [0.25, 0.3) is 8.32 Å². The number of ether oxygens (including phenoxy) is 2. The monoisotopic (exact) mass is 449 g/mol. The van der Waals surface area contributed by atoms with Gasteiger partial charge in [-0.2, -0.15) is 13.2 Å². The Morgan fingerprint density at radius 2 is 1.70 bits per heavy atom. The van der Waals surface area contributed by atoms with Crippen LogP contribution in [0.2, 0.25) is 18.1 Å². The SMILES string of the molecule is COc1c(C[C@@H](C=O)NC(=O)C(F)(F)F)cc(O[Si](C)(C)C(C)(C)C)c(OC)c1C. The van der Waals surface area contributed by atoms with E-state index in [0.29, 0.717) is 28.4 Å². The number of hydrogen-bond acceptors (Lipinski definition) is 5. The second kappa shape index (κ2) is 9.28. The normalized spacial score (nSPS) is 13.4. The smallest absolute Gasteiger partial charge is 0.471 e. The number of hydrogen-bond donors (Lipinski definition) is 1. The lowest BCUT2D eigenvalue weighted by molar-refractivity contribution is -0.174. The van der Waals surface area contributed by atoms with E-state index >= 15 is 0 Å². The summed E-state index contributed by atoms with van der Waals surface area (Å²) in [7, 11) is 0.615. The van der Waals surface area contributed by atoms with Crippen LogP contribution in [0.3, 0.4) is 0 Å². The van der Waals surface area contributed by atoms with Crippen molar-refractivity contribution in [3.63, 3.8) is 0 Å². The molecular weight excluding hydrogens is 419 g/mol. The van der Waals surface area contributed by atoms with Crippen molar-refractivity contribution in [3.8, 4) is 17.2 Å². The van der Waals surface area contributed by atoms with E-state index in [4.69, 9.17) is 13.9 Å². The van der Waals surface area contributed by atoms with Gasteiger partial charge < -0.3 is 24.0 Å². The first-order valence-electron chi connectivity index (χ1n) is 9.35.